The average molecular weight is 774 g/mol. The first-order valence-corrected chi connectivity index (χ1v) is 8.36. The number of hydrogen-bond acceptors (Lipinski definition) is 0. The summed E-state index contributed by atoms with van der Waals surface area (Å²) in [4.78, 5) is 48.2. The predicted octanol–water partition coefficient (Wildman–Crippen LogP) is 4.77. The van der Waals surface area contributed by atoms with E-state index < -0.39 is 91.0 Å². The van der Waals surface area contributed by atoms with Crippen molar-refractivity contribution >= 4 is 34.7 Å². The topological polar surface area (TPSA) is 128 Å². The summed E-state index contributed by atoms with van der Waals surface area (Å²) in [5, 5.41) is 0. The Kier molecular flexibility index (Phi) is 18.0. The van der Waals surface area contributed by atoms with Gasteiger partial charge in [0.2, 0.25) is 0 Å². The van der Waals surface area contributed by atoms with Crippen molar-refractivity contribution in [2.45, 2.75) is 56.3 Å². The first kappa shape index (κ1) is 45.1. The van der Waals surface area contributed by atoms with Gasteiger partial charge in [-0.2, -0.15) is 79.0 Å². The fourth-order valence-electron chi connectivity index (χ4n) is 1.08. The molecule has 0 saturated carbocycles. The van der Waals surface area contributed by atoms with E-state index in [1.54, 1.807) is 0 Å². The molecule has 0 radical (unpaired) electrons. The molecule has 0 rings (SSSR count). The Labute approximate surface area is 239 Å². The van der Waals surface area contributed by atoms with Crippen molar-refractivity contribution in [2.24, 2.45) is 0 Å². The van der Waals surface area contributed by atoms with Crippen molar-refractivity contribution in [1.82, 2.24) is 0 Å². The molecule has 0 amide bonds. The third-order valence-corrected chi connectivity index (χ3v) is 2.97. The molecule has 232 valence electrons. The number of halogens is 18. The molecule has 0 aromatic rings. The Balaban J connectivity index is -0.000000240. The molecule has 0 unspecified atom stereocenters. The molecule has 0 fully saturated rings. The van der Waals surface area contributed by atoms with E-state index in [9.17, 15) is 79.0 Å². The molecular formula is C15H12F18NdO6+6. The maximum absolute atomic E-state index is 11.4. The van der Waals surface area contributed by atoms with Gasteiger partial charge in [0.05, 0.1) is 0 Å². The number of alkyl halides is 18. The van der Waals surface area contributed by atoms with E-state index in [4.69, 9.17) is 28.8 Å². The van der Waals surface area contributed by atoms with Crippen LogP contribution in [0, 0.1) is 40.8 Å². The summed E-state index contributed by atoms with van der Waals surface area (Å²) in [6.45, 7) is 0. The van der Waals surface area contributed by atoms with Gasteiger partial charge in [-0.15, -0.1) is 0 Å². The summed E-state index contributed by atoms with van der Waals surface area (Å²) in [5.74, 6) is -14.3. The van der Waals surface area contributed by atoms with E-state index >= 15 is 0 Å². The molecule has 6 N–H and O–H groups in total. The van der Waals surface area contributed by atoms with Crippen molar-refractivity contribution in [3.63, 3.8) is 0 Å². The molecule has 6 nitrogen and oxygen atoms in total. The first-order chi connectivity index (χ1) is 16.6. The van der Waals surface area contributed by atoms with Crippen molar-refractivity contribution in [2.75, 3.05) is 0 Å². The van der Waals surface area contributed by atoms with Crippen LogP contribution >= 0.6 is 0 Å². The Hall–Kier alpha value is -1.89. The summed E-state index contributed by atoms with van der Waals surface area (Å²) < 4.78 is 206. The molecule has 0 aliphatic heterocycles. The molecule has 0 aliphatic rings. The number of hydrogen-bond donors (Lipinski definition) is 0. The molecule has 0 aromatic heterocycles. The standard InChI is InChI=1S/3C5H2F6O2.Nd/c3*6-4(7,8)2(12)1-3(13)5(9,10)11;/h3*1H2;/p+6. The van der Waals surface area contributed by atoms with Crippen molar-refractivity contribution in [3.05, 3.63) is 0 Å². The van der Waals surface area contributed by atoms with Crippen LogP contribution in [0.4, 0.5) is 79.0 Å². The van der Waals surface area contributed by atoms with Crippen LogP contribution < -0.4 is 0 Å². The van der Waals surface area contributed by atoms with Crippen LogP contribution in [0.5, 0.6) is 0 Å². The minimum Gasteiger partial charge on any atom is -0.273 e. The van der Waals surface area contributed by atoms with Gasteiger partial charge >= 0.3 is 71.8 Å². The average Bonchev–Trinajstić information content (AvgIpc) is 2.64. The normalized spacial score (nSPS) is 12.4. The molecule has 0 saturated heterocycles. The van der Waals surface area contributed by atoms with Crippen LogP contribution in [0.25, 0.3) is 0 Å². The summed E-state index contributed by atoms with van der Waals surface area (Å²) in [6, 6.07) is 0. The van der Waals surface area contributed by atoms with Crippen LogP contribution in [0.2, 0.25) is 0 Å². The van der Waals surface area contributed by atoms with Gasteiger partial charge in [0.1, 0.15) is 0 Å². The van der Waals surface area contributed by atoms with E-state index in [0.717, 1.165) is 0 Å². The Bertz CT molecular complexity index is 726. The summed E-state index contributed by atoms with van der Waals surface area (Å²) in [6.07, 6.45) is -37.4. The maximum Gasteiger partial charge on any atom is 0.505 e. The number of ketones is 6. The second-order valence-corrected chi connectivity index (χ2v) is 6.20. The fraction of sp³-hybridized carbons (Fsp3) is 0.600. The minimum atomic E-state index is -5.25. The zero-order valence-corrected chi connectivity index (χ0v) is 21.3. The van der Waals surface area contributed by atoms with Crippen molar-refractivity contribution < 1.29 is 149 Å². The molecule has 0 aromatic carbocycles. The Morgan fingerprint density at radius 2 is 0.350 bits per heavy atom. The molecule has 25 heteroatoms. The van der Waals surface area contributed by atoms with Crippen molar-refractivity contribution in [1.29, 1.82) is 0 Å². The summed E-state index contributed by atoms with van der Waals surface area (Å²) >= 11 is 0. The molecular weight excluding hydrogens is 762 g/mol. The second-order valence-electron chi connectivity index (χ2n) is 6.20. The zero-order valence-electron chi connectivity index (χ0n) is 18.1. The van der Waals surface area contributed by atoms with Gasteiger partial charge in [-0.05, 0) is 0 Å². The predicted molar refractivity (Wildman–Crippen MR) is 91.8 cm³/mol. The van der Waals surface area contributed by atoms with Gasteiger partial charge in [0.25, 0.3) is 0 Å². The summed E-state index contributed by atoms with van der Waals surface area (Å²) in [5.41, 5.74) is 0. The van der Waals surface area contributed by atoms with E-state index in [1.807, 2.05) is 0 Å². The Morgan fingerprint density at radius 3 is 0.400 bits per heavy atom. The van der Waals surface area contributed by atoms with Crippen LogP contribution in [0.15, 0.2) is 0 Å². The van der Waals surface area contributed by atoms with Gasteiger partial charge in [0.15, 0.2) is 19.3 Å². The molecule has 0 atom stereocenters. The quantitative estimate of drug-likeness (QED) is 0.210. The smallest absolute Gasteiger partial charge is 0.273 e. The number of carbonyl (C=O) groups excluding carboxylic acids is 6. The maximum atomic E-state index is 11.4. The molecule has 0 heterocycles. The Morgan fingerprint density at radius 1 is 0.275 bits per heavy atom. The van der Waals surface area contributed by atoms with Gasteiger partial charge in [-0.3, -0.25) is 28.8 Å². The molecule has 0 aliphatic carbocycles. The van der Waals surface area contributed by atoms with Crippen LogP contribution in [-0.4, -0.2) is 101 Å². The largest absolute Gasteiger partial charge is 0.505 e. The van der Waals surface area contributed by atoms with Gasteiger partial charge in [-0.1, -0.05) is 0 Å². The third-order valence-electron chi connectivity index (χ3n) is 2.97. The first-order valence-electron chi connectivity index (χ1n) is 8.36. The third kappa shape index (κ3) is 20.9. The summed E-state index contributed by atoms with van der Waals surface area (Å²) in [7, 11) is 0. The molecule has 40 heavy (non-hydrogen) atoms. The fourth-order valence-corrected chi connectivity index (χ4v) is 1.08. The van der Waals surface area contributed by atoms with Crippen LogP contribution in [0.3, 0.4) is 0 Å². The number of rotatable bonds is 6. The van der Waals surface area contributed by atoms with Crippen molar-refractivity contribution in [3.8, 4) is 0 Å². The van der Waals surface area contributed by atoms with Crippen LogP contribution in [-0.2, 0) is 0 Å². The minimum absolute atomic E-state index is 0. The zero-order chi connectivity index (χ0) is 32.6. The second kappa shape index (κ2) is 15.9. The van der Waals surface area contributed by atoms with Gasteiger partial charge < -0.3 is 0 Å². The van der Waals surface area contributed by atoms with E-state index in [-0.39, 0.29) is 40.8 Å². The SMILES string of the molecule is [Nd].[OH+]=C(CC(=[OH+])C(F)(F)F)C(F)(F)F.[OH+]=C(CC(=[OH+])C(F)(F)F)C(F)(F)F.[OH+]=C(CC(=[OH+])C(F)(F)F)C(F)(F)F. The van der Waals surface area contributed by atoms with Gasteiger partial charge in [-0.25, -0.2) is 0 Å². The molecule has 0 spiro atoms. The van der Waals surface area contributed by atoms with E-state index in [2.05, 4.69) is 0 Å². The van der Waals surface area contributed by atoms with E-state index in [1.165, 1.54) is 0 Å². The van der Waals surface area contributed by atoms with E-state index in [0.29, 0.717) is 0 Å². The van der Waals surface area contributed by atoms with Crippen LogP contribution in [0.1, 0.15) is 19.3 Å². The monoisotopic (exact) mass is 772 g/mol. The molecule has 0 bridgehead atoms. The van der Waals surface area contributed by atoms with Gasteiger partial charge in [0, 0.05) is 40.8 Å².